The first-order valence-corrected chi connectivity index (χ1v) is 10.0. The van der Waals surface area contributed by atoms with Crippen molar-refractivity contribution in [1.29, 1.82) is 0 Å². The van der Waals surface area contributed by atoms with Gasteiger partial charge < -0.3 is 0 Å². The molecular formula is C18H24F3NO2S. The molecule has 3 nitrogen and oxygen atoms in total. The van der Waals surface area contributed by atoms with Gasteiger partial charge in [-0.2, -0.15) is 17.5 Å². The predicted octanol–water partition coefficient (Wildman–Crippen LogP) is 4.52. The van der Waals surface area contributed by atoms with Crippen LogP contribution < -0.4 is 0 Å². The molecule has 0 saturated heterocycles. The Labute approximate surface area is 147 Å². The molecule has 7 heteroatoms. The van der Waals surface area contributed by atoms with Crippen LogP contribution in [0.15, 0.2) is 42.5 Å². The fraction of sp³-hybridized carbons (Fsp3) is 0.556. The Morgan fingerprint density at radius 2 is 1.72 bits per heavy atom. The summed E-state index contributed by atoms with van der Waals surface area (Å²) < 4.78 is 63.0. The molecule has 2 rings (SSSR count). The van der Waals surface area contributed by atoms with Crippen molar-refractivity contribution < 1.29 is 21.6 Å². The Balaban J connectivity index is 2.04. The highest BCUT2D eigenvalue weighted by Crippen LogP contribution is 2.28. The molecular weight excluding hydrogens is 351 g/mol. The lowest BCUT2D eigenvalue weighted by Gasteiger charge is -2.23. The van der Waals surface area contributed by atoms with E-state index in [1.54, 1.807) is 36.4 Å². The smallest absolute Gasteiger partial charge is 0.203 e. The van der Waals surface area contributed by atoms with Crippen LogP contribution in [0.25, 0.3) is 0 Å². The summed E-state index contributed by atoms with van der Waals surface area (Å²) in [5.74, 6) is 0.346. The van der Waals surface area contributed by atoms with Gasteiger partial charge in [0.25, 0.3) is 0 Å². The van der Waals surface area contributed by atoms with E-state index >= 15 is 0 Å². The van der Waals surface area contributed by atoms with Crippen LogP contribution in [0.3, 0.4) is 0 Å². The lowest BCUT2D eigenvalue weighted by atomic mass is 9.89. The van der Waals surface area contributed by atoms with Gasteiger partial charge >= 0.3 is 15.5 Å². The molecule has 0 atom stereocenters. The molecule has 1 saturated carbocycles. The zero-order valence-electron chi connectivity index (χ0n) is 14.1. The maximum absolute atomic E-state index is 12.9. The van der Waals surface area contributed by atoms with Gasteiger partial charge in [0.2, 0.25) is 0 Å². The van der Waals surface area contributed by atoms with Gasteiger partial charge in [-0.05, 0) is 30.7 Å². The molecule has 140 valence electrons. The quantitative estimate of drug-likeness (QED) is 0.657. The molecule has 0 unspecified atom stereocenters. The predicted molar refractivity (Wildman–Crippen MR) is 92.4 cm³/mol. The van der Waals surface area contributed by atoms with E-state index in [0.29, 0.717) is 10.2 Å². The fourth-order valence-corrected chi connectivity index (χ4v) is 3.96. The Morgan fingerprint density at radius 1 is 1.08 bits per heavy atom. The number of hydrogen-bond acceptors (Lipinski definition) is 2. The number of alkyl halides is 3. The van der Waals surface area contributed by atoms with Crippen molar-refractivity contribution in [1.82, 2.24) is 4.31 Å². The normalized spacial score (nSPS) is 17.4. The minimum atomic E-state index is -5.33. The summed E-state index contributed by atoms with van der Waals surface area (Å²) in [6.45, 7) is -0.438. The average molecular weight is 375 g/mol. The average Bonchev–Trinajstić information content (AvgIpc) is 2.58. The molecule has 0 amide bonds. The van der Waals surface area contributed by atoms with Gasteiger partial charge in [-0.15, -0.1) is 0 Å². The summed E-state index contributed by atoms with van der Waals surface area (Å²) in [5.41, 5.74) is -4.47. The van der Waals surface area contributed by atoms with Crippen LogP contribution >= 0.6 is 0 Å². The summed E-state index contributed by atoms with van der Waals surface area (Å²) in [5, 5.41) is 0. The fourth-order valence-electron chi connectivity index (χ4n) is 3.05. The molecule has 0 heterocycles. The largest absolute Gasteiger partial charge is 0.511 e. The maximum Gasteiger partial charge on any atom is 0.511 e. The summed E-state index contributed by atoms with van der Waals surface area (Å²) in [4.78, 5) is 0. The first-order chi connectivity index (χ1) is 11.8. The molecule has 0 spiro atoms. The monoisotopic (exact) mass is 375 g/mol. The van der Waals surface area contributed by atoms with Crippen molar-refractivity contribution in [2.24, 2.45) is 5.92 Å². The van der Waals surface area contributed by atoms with E-state index in [9.17, 15) is 21.6 Å². The first-order valence-electron chi connectivity index (χ1n) is 8.58. The van der Waals surface area contributed by atoms with Crippen molar-refractivity contribution >= 4 is 10.0 Å². The van der Waals surface area contributed by atoms with E-state index in [1.165, 1.54) is 6.42 Å². The van der Waals surface area contributed by atoms with Crippen LogP contribution in [0.2, 0.25) is 0 Å². The summed E-state index contributed by atoms with van der Waals surface area (Å²) in [6.07, 6.45) is 9.16. The second-order valence-corrected chi connectivity index (χ2v) is 8.30. The highest BCUT2D eigenvalue weighted by atomic mass is 32.2. The zero-order chi connectivity index (χ0) is 18.3. The molecule has 0 aromatic heterocycles. The molecule has 1 aliphatic rings. The summed E-state index contributed by atoms with van der Waals surface area (Å²) >= 11 is 0. The first kappa shape index (κ1) is 20.0. The summed E-state index contributed by atoms with van der Waals surface area (Å²) in [6, 6.07) is 8.91. The van der Waals surface area contributed by atoms with E-state index in [1.807, 2.05) is 6.08 Å². The van der Waals surface area contributed by atoms with E-state index < -0.39 is 15.5 Å². The molecule has 1 aromatic carbocycles. The van der Waals surface area contributed by atoms with E-state index in [2.05, 4.69) is 0 Å². The minimum Gasteiger partial charge on any atom is -0.203 e. The van der Waals surface area contributed by atoms with Crippen LogP contribution in [0.1, 0.15) is 37.7 Å². The van der Waals surface area contributed by atoms with E-state index in [-0.39, 0.29) is 19.5 Å². The Morgan fingerprint density at radius 3 is 2.32 bits per heavy atom. The van der Waals surface area contributed by atoms with E-state index in [4.69, 9.17) is 0 Å². The molecule has 0 bridgehead atoms. The number of rotatable bonds is 7. The second kappa shape index (κ2) is 8.85. The number of sulfonamides is 1. The second-order valence-electron chi connectivity index (χ2n) is 6.37. The standard InChI is InChI=1S/C18H24F3NO2S/c19-18(20,21)25(23,24)22(15-13-17-10-5-2-6-11-17)14-7-12-16-8-3-1-4-9-16/h2,5-7,10-12,16H,1,3-4,8-9,13-15H2. The number of nitrogens with zero attached hydrogens (tertiary/aromatic N) is 1. The minimum absolute atomic E-state index is 0.194. The zero-order valence-corrected chi connectivity index (χ0v) is 14.9. The number of allylic oxidation sites excluding steroid dienone is 1. The van der Waals surface area contributed by atoms with Gasteiger partial charge in [0.05, 0.1) is 0 Å². The number of halogens is 3. The lowest BCUT2D eigenvalue weighted by molar-refractivity contribution is -0.0486. The van der Waals surface area contributed by atoms with Gasteiger partial charge in [-0.1, -0.05) is 61.7 Å². The van der Waals surface area contributed by atoms with Crippen LogP contribution in [-0.4, -0.2) is 31.3 Å². The highest BCUT2D eigenvalue weighted by molar-refractivity contribution is 7.90. The van der Waals surface area contributed by atoms with Crippen LogP contribution in [0, 0.1) is 5.92 Å². The SMILES string of the molecule is O=S(=O)(N(CC=CC1CCCCC1)CCc1ccccc1)C(F)(F)F. The lowest BCUT2D eigenvalue weighted by Crippen LogP contribution is -2.41. The summed E-state index contributed by atoms with van der Waals surface area (Å²) in [7, 11) is -5.33. The molecule has 25 heavy (non-hydrogen) atoms. The number of hydrogen-bond donors (Lipinski definition) is 0. The van der Waals surface area contributed by atoms with Crippen molar-refractivity contribution in [3.8, 4) is 0 Å². The highest BCUT2D eigenvalue weighted by Gasteiger charge is 2.49. The number of benzene rings is 1. The van der Waals surface area contributed by atoms with Gasteiger partial charge in [0, 0.05) is 13.1 Å². The molecule has 0 aliphatic heterocycles. The van der Waals surface area contributed by atoms with Crippen LogP contribution in [0.4, 0.5) is 13.2 Å². The third kappa shape index (κ3) is 5.85. The van der Waals surface area contributed by atoms with Crippen molar-refractivity contribution in [3.05, 3.63) is 48.0 Å². The van der Waals surface area contributed by atoms with E-state index in [0.717, 1.165) is 31.2 Å². The van der Waals surface area contributed by atoms with Gasteiger partial charge in [0.1, 0.15) is 0 Å². The topological polar surface area (TPSA) is 37.4 Å². The van der Waals surface area contributed by atoms with Gasteiger partial charge in [-0.25, -0.2) is 8.42 Å². The third-order valence-corrected chi connectivity index (χ3v) is 6.09. The molecule has 1 aromatic rings. The maximum atomic E-state index is 12.9. The van der Waals surface area contributed by atoms with Crippen molar-refractivity contribution in [2.75, 3.05) is 13.1 Å². The Kier molecular flexibility index (Phi) is 7.07. The Hall–Kier alpha value is -1.34. The molecule has 1 fully saturated rings. The molecule has 0 radical (unpaired) electrons. The van der Waals surface area contributed by atoms with Crippen LogP contribution in [-0.2, 0) is 16.4 Å². The van der Waals surface area contributed by atoms with Gasteiger partial charge in [0.15, 0.2) is 0 Å². The van der Waals surface area contributed by atoms with Crippen molar-refractivity contribution in [2.45, 2.75) is 44.0 Å². The third-order valence-electron chi connectivity index (χ3n) is 4.49. The molecule has 0 N–H and O–H groups in total. The van der Waals surface area contributed by atoms with Gasteiger partial charge in [-0.3, -0.25) is 0 Å². The molecule has 1 aliphatic carbocycles. The van der Waals surface area contributed by atoms with Crippen LogP contribution in [0.5, 0.6) is 0 Å². The van der Waals surface area contributed by atoms with Crippen molar-refractivity contribution in [3.63, 3.8) is 0 Å². The Bertz CT molecular complexity index is 651.